The molecule has 0 aliphatic heterocycles. The SMILES string of the molecule is C[C@@H](NC(=O)c1ncnc2ncn(C)c12)c1cc(-c2[nH]c3cnc(C(C)(C)C)nc3[nH+]2)no1. The van der Waals surface area contributed by atoms with Gasteiger partial charge in [0.2, 0.25) is 5.82 Å². The highest BCUT2D eigenvalue weighted by Crippen LogP contribution is 2.23. The van der Waals surface area contributed by atoms with E-state index in [9.17, 15) is 4.79 Å². The van der Waals surface area contributed by atoms with Crippen LogP contribution in [0.15, 0.2) is 29.4 Å². The fraction of sp³-hybridized carbons (Fsp3) is 0.333. The number of H-pyrrole nitrogens is 2. The van der Waals surface area contributed by atoms with E-state index in [1.807, 2.05) is 0 Å². The highest BCUT2D eigenvalue weighted by atomic mass is 16.5. The fourth-order valence-corrected chi connectivity index (χ4v) is 3.44. The van der Waals surface area contributed by atoms with Crippen LogP contribution in [-0.2, 0) is 12.5 Å². The number of imidazole rings is 2. The van der Waals surface area contributed by atoms with Crippen molar-refractivity contribution in [3.8, 4) is 11.5 Å². The predicted octanol–water partition coefficient (Wildman–Crippen LogP) is 1.89. The maximum Gasteiger partial charge on any atom is 0.303 e. The van der Waals surface area contributed by atoms with E-state index in [1.165, 1.54) is 6.33 Å². The zero-order chi connectivity index (χ0) is 23.3. The third-order valence-corrected chi connectivity index (χ3v) is 5.25. The van der Waals surface area contributed by atoms with Crippen LogP contribution in [0.5, 0.6) is 0 Å². The van der Waals surface area contributed by atoms with Crippen LogP contribution in [0.1, 0.15) is 55.8 Å². The van der Waals surface area contributed by atoms with E-state index >= 15 is 0 Å². The summed E-state index contributed by atoms with van der Waals surface area (Å²) in [5.41, 5.74) is 3.08. The van der Waals surface area contributed by atoms with Crippen molar-refractivity contribution in [3.05, 3.63) is 42.2 Å². The second-order valence-electron chi connectivity index (χ2n) is 8.89. The first-order valence-corrected chi connectivity index (χ1v) is 10.4. The van der Waals surface area contributed by atoms with Crippen LogP contribution in [0.2, 0.25) is 0 Å². The molecule has 12 heteroatoms. The van der Waals surface area contributed by atoms with Crippen LogP contribution in [0, 0.1) is 0 Å². The van der Waals surface area contributed by atoms with Crippen molar-refractivity contribution in [1.82, 2.24) is 44.9 Å². The second kappa shape index (κ2) is 7.43. The van der Waals surface area contributed by atoms with Gasteiger partial charge >= 0.3 is 5.65 Å². The lowest BCUT2D eigenvalue weighted by Crippen LogP contribution is -2.27. The minimum absolute atomic E-state index is 0.168. The molecule has 0 radical (unpaired) electrons. The lowest BCUT2D eigenvalue weighted by molar-refractivity contribution is -0.334. The molecule has 0 spiro atoms. The lowest BCUT2D eigenvalue weighted by Gasteiger charge is -2.11. The minimum Gasteiger partial charge on any atom is -0.358 e. The van der Waals surface area contributed by atoms with Crippen LogP contribution in [0.3, 0.4) is 0 Å². The van der Waals surface area contributed by atoms with Gasteiger partial charge in [0.25, 0.3) is 11.7 Å². The molecule has 0 aliphatic rings. The zero-order valence-electron chi connectivity index (χ0n) is 18.8. The number of fused-ring (bicyclic) bond motifs is 2. The molecule has 0 saturated carbocycles. The highest BCUT2D eigenvalue weighted by molar-refractivity contribution is 6.02. The second-order valence-corrected chi connectivity index (χ2v) is 8.89. The van der Waals surface area contributed by atoms with Gasteiger partial charge in [0.1, 0.15) is 11.8 Å². The first kappa shape index (κ1) is 20.7. The molecule has 5 aromatic rings. The Labute approximate surface area is 187 Å². The maximum atomic E-state index is 12.9. The van der Waals surface area contributed by atoms with Gasteiger partial charge in [-0.3, -0.25) is 9.78 Å². The molecule has 0 fully saturated rings. The molecule has 0 bridgehead atoms. The van der Waals surface area contributed by atoms with Gasteiger partial charge in [-0.2, -0.15) is 0 Å². The molecule has 5 rings (SSSR count). The van der Waals surface area contributed by atoms with Crippen molar-refractivity contribution in [2.24, 2.45) is 7.05 Å². The molecule has 5 heterocycles. The van der Waals surface area contributed by atoms with Crippen LogP contribution >= 0.6 is 0 Å². The number of hydrogen-bond donors (Lipinski definition) is 2. The van der Waals surface area contributed by atoms with Gasteiger partial charge in [0.15, 0.2) is 28.3 Å². The zero-order valence-corrected chi connectivity index (χ0v) is 18.8. The number of carbonyl (C=O) groups is 1. The van der Waals surface area contributed by atoms with Gasteiger partial charge in [0, 0.05) is 18.5 Å². The smallest absolute Gasteiger partial charge is 0.303 e. The van der Waals surface area contributed by atoms with Crippen LogP contribution < -0.4 is 10.3 Å². The number of aryl methyl sites for hydroxylation is 1. The average Bonchev–Trinajstić information content (AvgIpc) is 3.50. The Morgan fingerprint density at radius 3 is 2.85 bits per heavy atom. The normalized spacial score (nSPS) is 13.0. The summed E-state index contributed by atoms with van der Waals surface area (Å²) in [5.74, 6) is 1.49. The number of rotatable bonds is 4. The highest BCUT2D eigenvalue weighted by Gasteiger charge is 2.25. The van der Waals surface area contributed by atoms with E-state index in [-0.39, 0.29) is 17.0 Å². The Morgan fingerprint density at radius 1 is 1.24 bits per heavy atom. The van der Waals surface area contributed by atoms with Gasteiger partial charge in [-0.25, -0.2) is 24.9 Å². The Hall–Kier alpha value is -4.22. The van der Waals surface area contributed by atoms with E-state index in [1.54, 1.807) is 37.1 Å². The summed E-state index contributed by atoms with van der Waals surface area (Å²) in [6, 6.07) is 1.30. The number of aromatic amines is 2. The van der Waals surface area contributed by atoms with E-state index in [0.29, 0.717) is 34.1 Å². The van der Waals surface area contributed by atoms with Crippen molar-refractivity contribution in [3.63, 3.8) is 0 Å². The molecule has 0 aromatic carbocycles. The topological polar surface area (TPSA) is 154 Å². The molecule has 0 saturated heterocycles. The standard InChI is InChI=1S/C21H22N10O2/c1-10(26-19(32)14-15-18(24-8-23-14)25-9-31(15)5)13-6-11(30-33-13)16-27-12-7-22-20(21(2,3)4)29-17(12)28-16/h6-10H,1-5H3,(H,26,32)(H,22,27,28,29)/p+1/t10-/m1/s1. The van der Waals surface area contributed by atoms with Crippen molar-refractivity contribution in [2.45, 2.75) is 39.2 Å². The van der Waals surface area contributed by atoms with Crippen molar-refractivity contribution >= 4 is 28.2 Å². The molecule has 12 nitrogen and oxygen atoms in total. The first-order valence-electron chi connectivity index (χ1n) is 10.4. The van der Waals surface area contributed by atoms with E-state index in [2.05, 4.69) is 66.1 Å². The maximum absolute atomic E-state index is 12.9. The molecule has 5 aromatic heterocycles. The van der Waals surface area contributed by atoms with E-state index in [0.717, 1.165) is 11.3 Å². The molecule has 0 aliphatic carbocycles. The Morgan fingerprint density at radius 2 is 2.06 bits per heavy atom. The number of amides is 1. The molecule has 0 unspecified atom stereocenters. The van der Waals surface area contributed by atoms with Crippen LogP contribution in [0.4, 0.5) is 0 Å². The van der Waals surface area contributed by atoms with Gasteiger partial charge in [-0.1, -0.05) is 30.9 Å². The first-order chi connectivity index (χ1) is 15.7. The van der Waals surface area contributed by atoms with Crippen molar-refractivity contribution < 1.29 is 14.3 Å². The quantitative estimate of drug-likeness (QED) is 0.423. The Bertz CT molecular complexity index is 1490. The number of aromatic nitrogens is 9. The molecule has 168 valence electrons. The number of carbonyl (C=O) groups excluding carboxylic acids is 1. The summed E-state index contributed by atoms with van der Waals surface area (Å²) < 4.78 is 7.21. The molecular weight excluding hydrogens is 424 g/mol. The predicted molar refractivity (Wildman–Crippen MR) is 117 cm³/mol. The molecule has 3 N–H and O–H groups in total. The third-order valence-electron chi connectivity index (χ3n) is 5.25. The van der Waals surface area contributed by atoms with Gasteiger partial charge in [-0.05, 0) is 6.92 Å². The van der Waals surface area contributed by atoms with Crippen molar-refractivity contribution in [1.29, 1.82) is 0 Å². The summed E-state index contributed by atoms with van der Waals surface area (Å²) in [6.07, 6.45) is 4.66. The fourth-order valence-electron chi connectivity index (χ4n) is 3.44. The Balaban J connectivity index is 1.38. The lowest BCUT2D eigenvalue weighted by atomic mass is 9.96. The number of hydrogen-bond acceptors (Lipinski definition) is 8. The molecular formula is C21H23N10O2+. The summed E-state index contributed by atoms with van der Waals surface area (Å²) >= 11 is 0. The van der Waals surface area contributed by atoms with Gasteiger partial charge < -0.3 is 14.4 Å². The molecule has 1 atom stereocenters. The van der Waals surface area contributed by atoms with Crippen LogP contribution in [-0.4, -0.2) is 45.5 Å². The summed E-state index contributed by atoms with van der Waals surface area (Å²) in [4.78, 5) is 40.7. The average molecular weight is 447 g/mol. The number of nitrogens with one attached hydrogen (secondary N) is 3. The summed E-state index contributed by atoms with van der Waals surface area (Å²) in [7, 11) is 1.79. The van der Waals surface area contributed by atoms with Gasteiger partial charge in [-0.15, -0.1) is 0 Å². The summed E-state index contributed by atoms with van der Waals surface area (Å²) in [5, 5.41) is 7.02. The molecule has 1 amide bonds. The minimum atomic E-state index is -0.450. The Kier molecular flexibility index (Phi) is 4.65. The third kappa shape index (κ3) is 3.69. The van der Waals surface area contributed by atoms with Crippen LogP contribution in [0.25, 0.3) is 33.8 Å². The van der Waals surface area contributed by atoms with Crippen molar-refractivity contribution in [2.75, 3.05) is 0 Å². The van der Waals surface area contributed by atoms with E-state index < -0.39 is 6.04 Å². The van der Waals surface area contributed by atoms with E-state index in [4.69, 9.17) is 4.52 Å². The largest absolute Gasteiger partial charge is 0.358 e. The monoisotopic (exact) mass is 447 g/mol. The number of nitrogens with zero attached hydrogens (tertiary/aromatic N) is 7. The molecule has 33 heavy (non-hydrogen) atoms. The van der Waals surface area contributed by atoms with Gasteiger partial charge in [0.05, 0.1) is 18.6 Å². The summed E-state index contributed by atoms with van der Waals surface area (Å²) in [6.45, 7) is 7.98.